The van der Waals surface area contributed by atoms with Gasteiger partial charge in [-0.25, -0.2) is 5.32 Å². The summed E-state index contributed by atoms with van der Waals surface area (Å²) < 4.78 is 0. The third-order valence-electron chi connectivity index (χ3n) is 3.58. The molecule has 1 aliphatic heterocycles. The van der Waals surface area contributed by atoms with E-state index in [1.165, 1.54) is 0 Å². The molecule has 1 atom stereocenters. The third kappa shape index (κ3) is 4.83. The van der Waals surface area contributed by atoms with Crippen molar-refractivity contribution in [3.63, 3.8) is 0 Å². The van der Waals surface area contributed by atoms with Gasteiger partial charge < -0.3 is 10.5 Å². The number of carbonyl (C=O) groups excluding carboxylic acids is 1. The van der Waals surface area contributed by atoms with Crippen LogP contribution < -0.4 is 16.0 Å². The Bertz CT molecular complexity index is 534. The fraction of sp³-hybridized carbons (Fsp3) is 0.412. The zero-order chi connectivity index (χ0) is 15.1. The second-order valence-corrected chi connectivity index (χ2v) is 5.46. The van der Waals surface area contributed by atoms with Crippen molar-refractivity contribution in [3.05, 3.63) is 42.1 Å². The lowest BCUT2D eigenvalue weighted by molar-refractivity contribution is -0.117. The fourth-order valence-electron chi connectivity index (χ4n) is 2.34. The second-order valence-electron chi connectivity index (χ2n) is 5.46. The van der Waals surface area contributed by atoms with Crippen LogP contribution in [0.15, 0.2) is 36.5 Å². The van der Waals surface area contributed by atoms with Gasteiger partial charge >= 0.3 is 5.84 Å². The maximum absolute atomic E-state index is 10.9. The number of aliphatic imine (C=N–C) groups is 1. The molecular formula is C17H23N3O+. The van der Waals surface area contributed by atoms with Crippen molar-refractivity contribution < 1.29 is 4.79 Å². The molecule has 0 saturated carbocycles. The van der Waals surface area contributed by atoms with Gasteiger partial charge in [-0.3, -0.25) is 0 Å². The van der Waals surface area contributed by atoms with E-state index >= 15 is 0 Å². The molecule has 0 bridgehead atoms. The van der Waals surface area contributed by atoms with Gasteiger partial charge in [0.1, 0.15) is 11.8 Å². The molecule has 0 spiro atoms. The number of benzene rings is 1. The van der Waals surface area contributed by atoms with E-state index in [1.54, 1.807) is 6.92 Å². The van der Waals surface area contributed by atoms with Crippen LogP contribution in [0.4, 0.5) is 0 Å². The number of carbonyl (C=O) groups is 1. The summed E-state index contributed by atoms with van der Waals surface area (Å²) in [6.45, 7) is 1.64. The first kappa shape index (κ1) is 15.4. The van der Waals surface area contributed by atoms with Crippen molar-refractivity contribution in [1.29, 1.82) is 0 Å². The number of Topliss-reactive ketones (excluding diaryl/α,β-unsaturated/α-hetero) is 1. The number of rotatable bonds is 8. The van der Waals surface area contributed by atoms with Gasteiger partial charge in [0.2, 0.25) is 0 Å². The molecule has 0 fully saturated rings. The maximum Gasteiger partial charge on any atom is 0.313 e. The quantitative estimate of drug-likeness (QED) is 0.719. The fourth-order valence-corrected chi connectivity index (χ4v) is 2.34. The molecule has 2 rings (SSSR count). The first-order chi connectivity index (χ1) is 10.2. The summed E-state index contributed by atoms with van der Waals surface area (Å²) in [5.74, 6) is 1.10. The van der Waals surface area contributed by atoms with E-state index in [4.69, 9.17) is 5.73 Å². The van der Waals surface area contributed by atoms with E-state index in [9.17, 15) is 4.79 Å². The molecule has 1 aliphatic rings. The molecule has 0 aromatic heterocycles. The Balaban J connectivity index is 1.71. The molecule has 3 N–H and O–H groups in total. The van der Waals surface area contributed by atoms with Crippen molar-refractivity contribution in [2.24, 2.45) is 5.73 Å². The van der Waals surface area contributed by atoms with Crippen molar-refractivity contribution >= 4 is 17.3 Å². The molecule has 0 saturated heterocycles. The number of nitrogens with zero attached hydrogens (tertiary/aromatic N) is 1. The van der Waals surface area contributed by atoms with Crippen LogP contribution in [0.25, 0.3) is 5.70 Å². The Kier molecular flexibility index (Phi) is 5.69. The molecule has 0 unspecified atom stereocenters. The van der Waals surface area contributed by atoms with Gasteiger partial charge in [-0.1, -0.05) is 43.2 Å². The average Bonchev–Trinajstić information content (AvgIpc) is 2.97. The van der Waals surface area contributed by atoms with Crippen LogP contribution in [-0.4, -0.2) is 17.7 Å². The highest BCUT2D eigenvalue weighted by Gasteiger charge is 2.26. The topological polar surface area (TPSA) is 69.2 Å². The predicted molar refractivity (Wildman–Crippen MR) is 86.4 cm³/mol. The van der Waals surface area contributed by atoms with Crippen LogP contribution in [0.2, 0.25) is 0 Å². The van der Waals surface area contributed by atoms with Gasteiger partial charge in [0, 0.05) is 12.0 Å². The van der Waals surface area contributed by atoms with Crippen molar-refractivity contribution in [3.8, 4) is 0 Å². The number of amidine groups is 1. The average molecular weight is 285 g/mol. The van der Waals surface area contributed by atoms with E-state index in [0.717, 1.165) is 42.8 Å². The summed E-state index contributed by atoms with van der Waals surface area (Å²) in [5, 5.41) is 3.30. The molecule has 1 radical (unpaired) electrons. The molecule has 0 amide bonds. The summed E-state index contributed by atoms with van der Waals surface area (Å²) in [5.41, 5.74) is 8.28. The van der Waals surface area contributed by atoms with Gasteiger partial charge in [-0.05, 0) is 24.8 Å². The van der Waals surface area contributed by atoms with Crippen LogP contribution in [0, 0.1) is 0 Å². The Hall–Kier alpha value is -1.94. The van der Waals surface area contributed by atoms with Crippen LogP contribution in [0.1, 0.15) is 44.6 Å². The van der Waals surface area contributed by atoms with Crippen molar-refractivity contribution in [2.45, 2.75) is 45.1 Å². The molecule has 4 heteroatoms. The van der Waals surface area contributed by atoms with E-state index in [2.05, 4.69) is 10.3 Å². The number of ketones is 1. The lowest BCUT2D eigenvalue weighted by atomic mass is 10.1. The largest absolute Gasteiger partial charge is 0.318 e. The van der Waals surface area contributed by atoms with E-state index in [0.29, 0.717) is 6.42 Å². The molecule has 0 aliphatic carbocycles. The molecule has 1 heterocycles. The van der Waals surface area contributed by atoms with Gasteiger partial charge in [0.05, 0.1) is 0 Å². The minimum absolute atomic E-state index is 0.0696. The lowest BCUT2D eigenvalue weighted by Gasteiger charge is -2.07. The van der Waals surface area contributed by atoms with E-state index in [-0.39, 0.29) is 11.8 Å². The zero-order valence-electron chi connectivity index (χ0n) is 12.5. The Labute approximate surface area is 126 Å². The summed E-state index contributed by atoms with van der Waals surface area (Å²) in [4.78, 5) is 15.2. The number of hydrogen-bond donors (Lipinski definition) is 2. The SMILES string of the molecule is CC(=O)CCCCC[C@H](N)C1=[N+]C=C(c2ccccc2)N1. The molecule has 21 heavy (non-hydrogen) atoms. The first-order valence-electron chi connectivity index (χ1n) is 7.52. The van der Waals surface area contributed by atoms with Crippen LogP contribution in [0.5, 0.6) is 0 Å². The van der Waals surface area contributed by atoms with Gasteiger partial charge in [-0.2, -0.15) is 0 Å². The highest BCUT2D eigenvalue weighted by atomic mass is 16.1. The summed E-state index contributed by atoms with van der Waals surface area (Å²) in [7, 11) is 0. The Morgan fingerprint density at radius 2 is 2.00 bits per heavy atom. The van der Waals surface area contributed by atoms with E-state index in [1.807, 2.05) is 36.5 Å². The lowest BCUT2D eigenvalue weighted by Crippen LogP contribution is -2.39. The standard InChI is InChI=1S/C17H23N3O/c1-13(21)8-4-2-7-11-15(18)17-19-12-16(20-17)14-9-5-3-6-10-14/h3,5-6,9-10,12,15,20H,2,4,7-8,11,18H2,1H3/q+1/t15-/m0/s1. The number of nitrogens with one attached hydrogen (secondary N) is 1. The van der Waals surface area contributed by atoms with Gasteiger partial charge in [0.25, 0.3) is 0 Å². The summed E-state index contributed by atoms with van der Waals surface area (Å²) >= 11 is 0. The predicted octanol–water partition coefficient (Wildman–Crippen LogP) is 2.19. The highest BCUT2D eigenvalue weighted by molar-refractivity contribution is 5.97. The summed E-state index contributed by atoms with van der Waals surface area (Å²) in [6, 6.07) is 10.0. The number of hydrogen-bond acceptors (Lipinski definition) is 4. The minimum atomic E-state index is -0.0696. The molecule has 111 valence electrons. The Morgan fingerprint density at radius 1 is 1.24 bits per heavy atom. The smallest absolute Gasteiger partial charge is 0.313 e. The number of unbranched alkanes of at least 4 members (excludes halogenated alkanes) is 2. The third-order valence-corrected chi connectivity index (χ3v) is 3.58. The van der Waals surface area contributed by atoms with Gasteiger partial charge in [-0.15, -0.1) is 0 Å². The van der Waals surface area contributed by atoms with Gasteiger partial charge in [0.15, 0.2) is 11.9 Å². The second kappa shape index (κ2) is 7.74. The first-order valence-corrected chi connectivity index (χ1v) is 7.52. The minimum Gasteiger partial charge on any atom is -0.318 e. The van der Waals surface area contributed by atoms with E-state index < -0.39 is 0 Å². The molecular weight excluding hydrogens is 262 g/mol. The monoisotopic (exact) mass is 285 g/mol. The molecule has 4 nitrogen and oxygen atoms in total. The highest BCUT2D eigenvalue weighted by Crippen LogP contribution is 2.14. The van der Waals surface area contributed by atoms with Crippen LogP contribution in [0.3, 0.4) is 0 Å². The molecule has 1 aromatic rings. The van der Waals surface area contributed by atoms with Crippen molar-refractivity contribution in [2.75, 3.05) is 0 Å². The normalized spacial score (nSPS) is 15.1. The number of nitrogens with two attached hydrogens (primary N) is 1. The molecule has 1 aromatic carbocycles. The Morgan fingerprint density at radius 3 is 2.71 bits per heavy atom. The maximum atomic E-state index is 10.9. The zero-order valence-corrected chi connectivity index (χ0v) is 12.5. The summed E-state index contributed by atoms with van der Waals surface area (Å²) in [6.07, 6.45) is 6.42. The van der Waals surface area contributed by atoms with Crippen molar-refractivity contribution in [1.82, 2.24) is 10.3 Å². The van der Waals surface area contributed by atoms with Crippen LogP contribution >= 0.6 is 0 Å². The van der Waals surface area contributed by atoms with Crippen LogP contribution in [-0.2, 0) is 4.79 Å².